The number of hydrogen-bond donors (Lipinski definition) is 1. The molecule has 0 bridgehead atoms. The molecule has 2 saturated carbocycles. The van der Waals surface area contributed by atoms with Crippen molar-refractivity contribution in [2.45, 2.75) is 97.1 Å². The molecule has 2 fully saturated rings. The Morgan fingerprint density at radius 1 is 0.854 bits per heavy atom. The van der Waals surface area contributed by atoms with E-state index in [-0.39, 0.29) is 41.6 Å². The van der Waals surface area contributed by atoms with Crippen LogP contribution in [0.25, 0.3) is 0 Å². The molecule has 3 aromatic rings. The quantitative estimate of drug-likeness (QED) is 0.207. The molecule has 0 atom stereocenters. The monoisotopic (exact) mass is 676 g/mol. The van der Waals surface area contributed by atoms with Crippen molar-refractivity contribution in [3.63, 3.8) is 0 Å². The van der Waals surface area contributed by atoms with Crippen LogP contribution in [0.5, 0.6) is 0 Å². The third kappa shape index (κ3) is 8.38. The molecule has 0 spiro atoms. The number of pyridine rings is 1. The maximum Gasteiger partial charge on any atom is 0.416 e. The van der Waals surface area contributed by atoms with Crippen molar-refractivity contribution >= 4 is 17.7 Å². The van der Waals surface area contributed by atoms with E-state index in [4.69, 9.17) is 10.7 Å². The summed E-state index contributed by atoms with van der Waals surface area (Å²) < 4.78 is 82.5. The number of anilines is 2. The van der Waals surface area contributed by atoms with Gasteiger partial charge in [-0.05, 0) is 85.8 Å². The fourth-order valence-electron chi connectivity index (χ4n) is 6.14. The topological polar surface area (TPSA) is 88.2 Å². The van der Waals surface area contributed by atoms with Crippen molar-refractivity contribution in [1.82, 2.24) is 15.0 Å². The number of carbonyl (C=O) groups excluding carboxylic acids is 1. The summed E-state index contributed by atoms with van der Waals surface area (Å²) in [6, 6.07) is 3.63. The maximum atomic E-state index is 13.8. The van der Waals surface area contributed by atoms with Crippen LogP contribution in [0.3, 0.4) is 0 Å². The SMILES string of the molecule is CC.CC1(C)CCc2cc(CN(Cc3cc(C(F)(F)F)cc(C(F)(F)F)c3)c3ncc(C(N)=O)cn3)c(N(CC3CC3)CC3CC3)nc21. The van der Waals surface area contributed by atoms with Gasteiger partial charge in [-0.1, -0.05) is 27.7 Å². The second-order valence-corrected chi connectivity index (χ2v) is 13.6. The Kier molecular flexibility index (Phi) is 9.99. The molecule has 2 heterocycles. The van der Waals surface area contributed by atoms with E-state index in [1.54, 1.807) is 0 Å². The second kappa shape index (κ2) is 13.5. The lowest BCUT2D eigenvalue weighted by molar-refractivity contribution is -0.143. The van der Waals surface area contributed by atoms with Crippen LogP contribution in [-0.2, 0) is 37.3 Å². The average Bonchev–Trinajstić information content (AvgIpc) is 3.97. The fourth-order valence-corrected chi connectivity index (χ4v) is 6.14. The summed E-state index contributed by atoms with van der Waals surface area (Å²) in [5, 5.41) is 0. The molecule has 6 rings (SSSR count). The van der Waals surface area contributed by atoms with E-state index < -0.39 is 29.4 Å². The van der Waals surface area contributed by atoms with Crippen molar-refractivity contribution in [3.8, 4) is 0 Å². The van der Waals surface area contributed by atoms with E-state index in [1.165, 1.54) is 17.3 Å². The van der Waals surface area contributed by atoms with Gasteiger partial charge in [-0.2, -0.15) is 26.3 Å². The minimum Gasteiger partial charge on any atom is -0.366 e. The van der Waals surface area contributed by atoms with E-state index in [1.807, 2.05) is 13.8 Å². The molecule has 2 N–H and O–H groups in total. The lowest BCUT2D eigenvalue weighted by Gasteiger charge is -2.31. The third-order valence-electron chi connectivity index (χ3n) is 9.06. The van der Waals surface area contributed by atoms with Crippen molar-refractivity contribution in [3.05, 3.63) is 75.7 Å². The number of primary amides is 1. The van der Waals surface area contributed by atoms with Gasteiger partial charge in [0, 0.05) is 49.6 Å². The zero-order valence-corrected chi connectivity index (χ0v) is 27.7. The minimum atomic E-state index is -4.99. The molecule has 0 unspecified atom stereocenters. The van der Waals surface area contributed by atoms with Gasteiger partial charge in [0.1, 0.15) is 5.82 Å². The molecule has 13 heteroatoms. The molecule has 7 nitrogen and oxygen atoms in total. The predicted octanol–water partition coefficient (Wildman–Crippen LogP) is 8.09. The first kappa shape index (κ1) is 35.4. The maximum absolute atomic E-state index is 13.8. The number of nitrogens with two attached hydrogens (primary N) is 1. The summed E-state index contributed by atoms with van der Waals surface area (Å²) in [5.74, 6) is 1.15. The molecule has 48 heavy (non-hydrogen) atoms. The van der Waals surface area contributed by atoms with E-state index in [0.29, 0.717) is 11.8 Å². The van der Waals surface area contributed by atoms with Crippen molar-refractivity contribution < 1.29 is 31.1 Å². The fraction of sp³-hybridized carbons (Fsp3) is 0.543. The van der Waals surface area contributed by atoms with Gasteiger partial charge in [-0.3, -0.25) is 4.79 Å². The summed E-state index contributed by atoms with van der Waals surface area (Å²) in [7, 11) is 0. The predicted molar refractivity (Wildman–Crippen MR) is 171 cm³/mol. The number of carbonyl (C=O) groups is 1. The molecule has 1 aromatic carbocycles. The van der Waals surface area contributed by atoms with Gasteiger partial charge < -0.3 is 15.5 Å². The molecule has 2 aromatic heterocycles. The number of aryl methyl sites for hydroxylation is 1. The van der Waals surface area contributed by atoms with Gasteiger partial charge in [-0.25, -0.2) is 15.0 Å². The van der Waals surface area contributed by atoms with Crippen LogP contribution < -0.4 is 15.5 Å². The van der Waals surface area contributed by atoms with Gasteiger partial charge in [0.2, 0.25) is 5.95 Å². The number of rotatable bonds is 11. The van der Waals surface area contributed by atoms with E-state index in [9.17, 15) is 31.1 Å². The Bertz CT molecular complexity index is 1570. The van der Waals surface area contributed by atoms with Gasteiger partial charge in [0.15, 0.2) is 0 Å². The molecular formula is C35H42F6N6O. The lowest BCUT2D eigenvalue weighted by atomic mass is 9.90. The van der Waals surface area contributed by atoms with Crippen molar-refractivity contribution in [1.29, 1.82) is 0 Å². The van der Waals surface area contributed by atoms with Crippen LogP contribution in [0, 0.1) is 11.8 Å². The lowest BCUT2D eigenvalue weighted by Crippen LogP contribution is -2.33. The minimum absolute atomic E-state index is 0.0179. The van der Waals surface area contributed by atoms with E-state index in [0.717, 1.165) is 86.4 Å². The highest BCUT2D eigenvalue weighted by molar-refractivity contribution is 5.92. The zero-order chi connectivity index (χ0) is 35.0. The first-order chi connectivity index (χ1) is 22.6. The Balaban J connectivity index is 0.00000221. The second-order valence-electron chi connectivity index (χ2n) is 13.6. The summed E-state index contributed by atoms with van der Waals surface area (Å²) in [6.45, 7) is 9.69. The largest absolute Gasteiger partial charge is 0.416 e. The highest BCUT2D eigenvalue weighted by Gasteiger charge is 2.38. The van der Waals surface area contributed by atoms with Crippen LogP contribution in [0.4, 0.5) is 38.1 Å². The molecule has 260 valence electrons. The normalized spacial score (nSPS) is 17.0. The Morgan fingerprint density at radius 3 is 1.88 bits per heavy atom. The van der Waals surface area contributed by atoms with Crippen LogP contribution in [0.15, 0.2) is 36.7 Å². The standard InChI is InChI=1S/C33H36F6N6O.C2H6/c1-31(2)8-7-22-11-23(29(43-27(22)31)44(15-19-3-4-19)16-20-5-6-20)18-45(30-41-13-24(14-42-30)28(40)46)17-21-9-25(32(34,35)36)12-26(10-21)33(37,38)39;1-2/h9-14,19-20H,3-8,15-18H2,1-2H3,(H2,40,46);1-2H3. The Labute approximate surface area is 277 Å². The van der Waals surface area contributed by atoms with Crippen LogP contribution in [-0.4, -0.2) is 33.9 Å². The number of amides is 1. The van der Waals surface area contributed by atoms with Crippen LogP contribution in [0.1, 0.15) is 104 Å². The van der Waals surface area contributed by atoms with Gasteiger partial charge in [0.05, 0.1) is 22.4 Å². The summed E-state index contributed by atoms with van der Waals surface area (Å²) in [4.78, 5) is 29.3. The molecular weight excluding hydrogens is 634 g/mol. The van der Waals surface area contributed by atoms with Crippen molar-refractivity contribution in [2.75, 3.05) is 22.9 Å². The number of aromatic nitrogens is 3. The third-order valence-corrected chi connectivity index (χ3v) is 9.06. The molecule has 0 saturated heterocycles. The number of hydrogen-bond acceptors (Lipinski definition) is 6. The average molecular weight is 677 g/mol. The Morgan fingerprint density at radius 2 is 1.40 bits per heavy atom. The summed E-state index contributed by atoms with van der Waals surface area (Å²) in [5.41, 5.74) is 5.12. The number of fused-ring (bicyclic) bond motifs is 1. The number of alkyl halides is 6. The molecule has 1 amide bonds. The van der Waals surface area contributed by atoms with Gasteiger partial charge in [-0.15, -0.1) is 0 Å². The first-order valence-electron chi connectivity index (χ1n) is 16.5. The number of benzene rings is 1. The molecule has 0 radical (unpaired) electrons. The first-order valence-corrected chi connectivity index (χ1v) is 16.5. The van der Waals surface area contributed by atoms with Crippen molar-refractivity contribution in [2.24, 2.45) is 17.6 Å². The Hall–Kier alpha value is -3.90. The number of nitrogens with zero attached hydrogens (tertiary/aromatic N) is 5. The molecule has 0 aliphatic heterocycles. The zero-order valence-electron chi connectivity index (χ0n) is 27.7. The summed E-state index contributed by atoms with van der Waals surface area (Å²) >= 11 is 0. The van der Waals surface area contributed by atoms with Gasteiger partial charge >= 0.3 is 12.4 Å². The van der Waals surface area contributed by atoms with Crippen LogP contribution >= 0.6 is 0 Å². The molecule has 3 aliphatic rings. The highest BCUT2D eigenvalue weighted by Crippen LogP contribution is 2.42. The highest BCUT2D eigenvalue weighted by atomic mass is 19.4. The summed E-state index contributed by atoms with van der Waals surface area (Å²) in [6.07, 6.45) is -1.33. The smallest absolute Gasteiger partial charge is 0.366 e. The van der Waals surface area contributed by atoms with Crippen LogP contribution in [0.2, 0.25) is 0 Å². The number of halogens is 6. The van der Waals surface area contributed by atoms with E-state index >= 15 is 0 Å². The molecule has 3 aliphatic carbocycles. The van der Waals surface area contributed by atoms with Gasteiger partial charge in [0.25, 0.3) is 5.91 Å². The van der Waals surface area contributed by atoms with E-state index in [2.05, 4.69) is 34.8 Å².